The van der Waals surface area contributed by atoms with Gasteiger partial charge in [-0.25, -0.2) is 0 Å². The molecule has 0 aromatic carbocycles. The van der Waals surface area contributed by atoms with Crippen LogP contribution in [-0.4, -0.2) is 59.3 Å². The van der Waals surface area contributed by atoms with Crippen LogP contribution in [0.2, 0.25) is 0 Å². The molecule has 0 amide bonds. The molecule has 3 rings (SSSR count). The summed E-state index contributed by atoms with van der Waals surface area (Å²) in [5, 5.41) is 13.3. The molecular weight excluding hydrogens is 294 g/mol. The van der Waals surface area contributed by atoms with E-state index in [0.29, 0.717) is 6.61 Å². The standard InChI is InChI=1S/C16H25N5O2/c1-16(2,3)15-18-17-13-6-7-14(19-21(13)15)20-9-12(23-5)8-11(20)10-22-4/h6-7,11-12H,8-10H2,1-5H3/t11-,12+/m0/s1. The van der Waals surface area contributed by atoms with E-state index in [1.54, 1.807) is 14.2 Å². The van der Waals surface area contributed by atoms with Gasteiger partial charge in [0.05, 0.1) is 18.8 Å². The minimum absolute atomic E-state index is 0.114. The first-order valence-corrected chi connectivity index (χ1v) is 7.95. The van der Waals surface area contributed by atoms with Crippen LogP contribution in [0.3, 0.4) is 0 Å². The number of hydrogen-bond donors (Lipinski definition) is 0. The van der Waals surface area contributed by atoms with Crippen molar-refractivity contribution in [1.29, 1.82) is 0 Å². The molecule has 0 spiro atoms. The highest BCUT2D eigenvalue weighted by atomic mass is 16.5. The normalized spacial score (nSPS) is 22.2. The molecular formula is C16H25N5O2. The number of fused-ring (bicyclic) bond motifs is 1. The summed E-state index contributed by atoms with van der Waals surface area (Å²) in [6.45, 7) is 7.82. The summed E-state index contributed by atoms with van der Waals surface area (Å²) in [6.07, 6.45) is 1.15. The highest BCUT2D eigenvalue weighted by Gasteiger charge is 2.33. The number of nitrogens with zero attached hydrogens (tertiary/aromatic N) is 5. The molecule has 3 heterocycles. The first-order chi connectivity index (χ1) is 10.9. The van der Waals surface area contributed by atoms with Gasteiger partial charge in [-0.05, 0) is 18.6 Å². The summed E-state index contributed by atoms with van der Waals surface area (Å²) in [4.78, 5) is 2.25. The van der Waals surface area contributed by atoms with Crippen molar-refractivity contribution in [2.24, 2.45) is 0 Å². The van der Waals surface area contributed by atoms with E-state index in [0.717, 1.165) is 30.3 Å². The Hall–Kier alpha value is -1.73. The van der Waals surface area contributed by atoms with Gasteiger partial charge in [-0.2, -0.15) is 4.52 Å². The Bertz CT molecular complexity index is 679. The molecule has 1 fully saturated rings. The number of methoxy groups -OCH3 is 2. The second-order valence-electron chi connectivity index (χ2n) is 7.09. The molecule has 2 aromatic rings. The molecule has 7 heteroatoms. The lowest BCUT2D eigenvalue weighted by Gasteiger charge is -2.25. The molecule has 0 bridgehead atoms. The molecule has 2 atom stereocenters. The molecule has 1 aliphatic heterocycles. The first kappa shape index (κ1) is 16.1. The van der Waals surface area contributed by atoms with Gasteiger partial charge in [-0.1, -0.05) is 20.8 Å². The van der Waals surface area contributed by atoms with Crippen molar-refractivity contribution in [3.63, 3.8) is 0 Å². The summed E-state index contributed by atoms with van der Waals surface area (Å²) in [6, 6.07) is 4.23. The number of ether oxygens (including phenoxy) is 2. The molecule has 0 aliphatic carbocycles. The quantitative estimate of drug-likeness (QED) is 0.854. The predicted molar refractivity (Wildman–Crippen MR) is 87.9 cm³/mol. The second-order valence-corrected chi connectivity index (χ2v) is 7.09. The average molecular weight is 319 g/mol. The van der Waals surface area contributed by atoms with Crippen molar-refractivity contribution in [1.82, 2.24) is 19.8 Å². The van der Waals surface area contributed by atoms with Crippen molar-refractivity contribution in [3.8, 4) is 0 Å². The Morgan fingerprint density at radius 3 is 2.65 bits per heavy atom. The maximum atomic E-state index is 5.53. The zero-order valence-electron chi connectivity index (χ0n) is 14.5. The zero-order valence-corrected chi connectivity index (χ0v) is 14.5. The summed E-state index contributed by atoms with van der Waals surface area (Å²) in [5.74, 6) is 1.77. The largest absolute Gasteiger partial charge is 0.383 e. The van der Waals surface area contributed by atoms with Gasteiger partial charge in [0.2, 0.25) is 0 Å². The van der Waals surface area contributed by atoms with Crippen LogP contribution >= 0.6 is 0 Å². The van der Waals surface area contributed by atoms with Crippen LogP contribution in [0.4, 0.5) is 5.82 Å². The third-order valence-electron chi connectivity index (χ3n) is 4.28. The minimum Gasteiger partial charge on any atom is -0.383 e. The molecule has 0 saturated carbocycles. The van der Waals surface area contributed by atoms with Crippen LogP contribution in [0.5, 0.6) is 0 Å². The Morgan fingerprint density at radius 2 is 2.00 bits per heavy atom. The van der Waals surface area contributed by atoms with E-state index in [2.05, 4.69) is 35.9 Å². The first-order valence-electron chi connectivity index (χ1n) is 7.95. The summed E-state index contributed by atoms with van der Waals surface area (Å²) in [5.41, 5.74) is 0.654. The third kappa shape index (κ3) is 3.03. The number of aromatic nitrogens is 4. The Labute approximate surface area is 136 Å². The van der Waals surface area contributed by atoms with Crippen molar-refractivity contribution in [3.05, 3.63) is 18.0 Å². The van der Waals surface area contributed by atoms with Crippen LogP contribution in [0, 0.1) is 0 Å². The van der Waals surface area contributed by atoms with Crippen LogP contribution in [0.15, 0.2) is 12.1 Å². The molecule has 0 N–H and O–H groups in total. The summed E-state index contributed by atoms with van der Waals surface area (Å²) >= 11 is 0. The Morgan fingerprint density at radius 1 is 1.22 bits per heavy atom. The van der Waals surface area contributed by atoms with Gasteiger partial charge < -0.3 is 14.4 Å². The molecule has 7 nitrogen and oxygen atoms in total. The Kier molecular flexibility index (Phi) is 4.25. The average Bonchev–Trinajstić information content (AvgIpc) is 3.09. The molecule has 23 heavy (non-hydrogen) atoms. The van der Waals surface area contributed by atoms with Crippen molar-refractivity contribution in [2.75, 3.05) is 32.3 Å². The fourth-order valence-corrected chi connectivity index (χ4v) is 3.08. The van der Waals surface area contributed by atoms with Crippen LogP contribution in [0.25, 0.3) is 5.65 Å². The lowest BCUT2D eigenvalue weighted by atomic mass is 9.96. The number of anilines is 1. The molecule has 1 saturated heterocycles. The second kappa shape index (κ2) is 6.05. The lowest BCUT2D eigenvalue weighted by molar-refractivity contribution is 0.111. The maximum absolute atomic E-state index is 5.53. The van der Waals surface area contributed by atoms with Gasteiger partial charge in [0.15, 0.2) is 11.5 Å². The monoisotopic (exact) mass is 319 g/mol. The topological polar surface area (TPSA) is 64.8 Å². The van der Waals surface area contributed by atoms with Crippen LogP contribution < -0.4 is 4.90 Å². The van der Waals surface area contributed by atoms with E-state index in [9.17, 15) is 0 Å². The van der Waals surface area contributed by atoms with Gasteiger partial charge in [0, 0.05) is 26.2 Å². The molecule has 2 aromatic heterocycles. The Balaban J connectivity index is 1.98. The molecule has 126 valence electrons. The van der Waals surface area contributed by atoms with Crippen LogP contribution in [0.1, 0.15) is 33.0 Å². The smallest absolute Gasteiger partial charge is 0.178 e. The van der Waals surface area contributed by atoms with E-state index in [4.69, 9.17) is 14.6 Å². The fourth-order valence-electron chi connectivity index (χ4n) is 3.08. The SMILES string of the molecule is COC[C@@H]1C[C@@H](OC)CN1c1ccc2nnc(C(C)(C)C)n2n1. The lowest BCUT2D eigenvalue weighted by Crippen LogP contribution is -2.34. The van der Waals surface area contributed by atoms with Gasteiger partial charge in [0.1, 0.15) is 5.82 Å². The number of hydrogen-bond acceptors (Lipinski definition) is 6. The molecule has 0 radical (unpaired) electrons. The van der Waals surface area contributed by atoms with Crippen molar-refractivity contribution in [2.45, 2.75) is 44.8 Å². The minimum atomic E-state index is -0.114. The zero-order chi connectivity index (χ0) is 16.6. The van der Waals surface area contributed by atoms with Gasteiger partial charge in [-0.3, -0.25) is 0 Å². The van der Waals surface area contributed by atoms with Gasteiger partial charge in [-0.15, -0.1) is 15.3 Å². The van der Waals surface area contributed by atoms with Gasteiger partial charge in [0.25, 0.3) is 0 Å². The summed E-state index contributed by atoms with van der Waals surface area (Å²) < 4.78 is 12.7. The van der Waals surface area contributed by atoms with Crippen LogP contribution in [-0.2, 0) is 14.9 Å². The van der Waals surface area contributed by atoms with Crippen molar-refractivity contribution < 1.29 is 9.47 Å². The highest BCUT2D eigenvalue weighted by Crippen LogP contribution is 2.27. The van der Waals surface area contributed by atoms with E-state index >= 15 is 0 Å². The summed E-state index contributed by atoms with van der Waals surface area (Å²) in [7, 11) is 3.48. The third-order valence-corrected chi connectivity index (χ3v) is 4.28. The maximum Gasteiger partial charge on any atom is 0.178 e. The highest BCUT2D eigenvalue weighted by molar-refractivity contribution is 5.48. The fraction of sp³-hybridized carbons (Fsp3) is 0.688. The molecule has 0 unspecified atom stereocenters. The molecule has 1 aliphatic rings. The van der Waals surface area contributed by atoms with E-state index in [1.807, 2.05) is 16.6 Å². The van der Waals surface area contributed by atoms with E-state index in [1.165, 1.54) is 0 Å². The van der Waals surface area contributed by atoms with Gasteiger partial charge >= 0.3 is 0 Å². The van der Waals surface area contributed by atoms with Crippen molar-refractivity contribution >= 4 is 11.5 Å². The van der Waals surface area contributed by atoms with E-state index in [-0.39, 0.29) is 17.6 Å². The van der Waals surface area contributed by atoms with E-state index < -0.39 is 0 Å². The number of rotatable bonds is 4. The predicted octanol–water partition coefficient (Wildman–Crippen LogP) is 1.66.